The van der Waals surface area contributed by atoms with Gasteiger partial charge in [0.2, 0.25) is 11.8 Å². The zero-order valence-corrected chi connectivity index (χ0v) is 11.0. The normalized spacial score (nSPS) is 22.4. The zero-order chi connectivity index (χ0) is 13.5. The molecule has 1 aliphatic heterocycles. The fourth-order valence-electron chi connectivity index (χ4n) is 1.68. The molecule has 18 heavy (non-hydrogen) atoms. The van der Waals surface area contributed by atoms with Gasteiger partial charge in [0, 0.05) is 25.6 Å². The molecule has 1 saturated heterocycles. The summed E-state index contributed by atoms with van der Waals surface area (Å²) in [6.07, 6.45) is 1.86. The molecular formula is C12H22N3O3. The van der Waals surface area contributed by atoms with E-state index in [9.17, 15) is 9.59 Å². The van der Waals surface area contributed by atoms with E-state index in [4.69, 9.17) is 10.5 Å². The summed E-state index contributed by atoms with van der Waals surface area (Å²) in [5.41, 5.74) is 5.11. The van der Waals surface area contributed by atoms with Gasteiger partial charge >= 0.3 is 0 Å². The largest absolute Gasteiger partial charge is 0.374 e. The van der Waals surface area contributed by atoms with Crippen LogP contribution in [0.25, 0.3) is 0 Å². The first-order valence-corrected chi connectivity index (χ1v) is 6.19. The van der Waals surface area contributed by atoms with Crippen molar-refractivity contribution in [2.45, 2.75) is 19.4 Å². The molecule has 103 valence electrons. The minimum Gasteiger partial charge on any atom is -0.374 e. The first kappa shape index (κ1) is 14.9. The van der Waals surface area contributed by atoms with Crippen LogP contribution in [-0.4, -0.2) is 56.1 Å². The lowest BCUT2D eigenvalue weighted by Crippen LogP contribution is -2.46. The van der Waals surface area contributed by atoms with Crippen molar-refractivity contribution in [3.63, 3.8) is 0 Å². The summed E-state index contributed by atoms with van der Waals surface area (Å²) in [6.45, 7) is 4.63. The molecule has 6 nitrogen and oxygen atoms in total. The summed E-state index contributed by atoms with van der Waals surface area (Å²) in [4.78, 5) is 24.5. The first-order valence-electron chi connectivity index (χ1n) is 6.19. The number of nitrogens with one attached hydrogen (secondary N) is 1. The minimum absolute atomic E-state index is 0.0367. The Morgan fingerprint density at radius 1 is 1.61 bits per heavy atom. The number of rotatable bonds is 6. The molecule has 2 atom stereocenters. The van der Waals surface area contributed by atoms with Gasteiger partial charge in [0.05, 0.1) is 19.1 Å². The number of ether oxygens (including phenoxy) is 1. The highest BCUT2D eigenvalue weighted by atomic mass is 16.5. The molecule has 0 spiro atoms. The van der Waals surface area contributed by atoms with E-state index in [1.54, 1.807) is 6.92 Å². The Bertz CT molecular complexity index is 296. The van der Waals surface area contributed by atoms with Crippen LogP contribution in [0.3, 0.4) is 0 Å². The van der Waals surface area contributed by atoms with Gasteiger partial charge in [-0.1, -0.05) is 6.92 Å². The molecule has 0 aromatic rings. The van der Waals surface area contributed by atoms with Crippen LogP contribution in [0.2, 0.25) is 0 Å². The molecule has 1 aliphatic rings. The molecule has 1 rings (SSSR count). The molecule has 3 N–H and O–H groups in total. The fourth-order valence-corrected chi connectivity index (χ4v) is 1.68. The number of hydrogen-bond acceptors (Lipinski definition) is 4. The van der Waals surface area contributed by atoms with Crippen molar-refractivity contribution in [2.75, 3.05) is 33.3 Å². The topological polar surface area (TPSA) is 84.7 Å². The maximum atomic E-state index is 11.5. The van der Waals surface area contributed by atoms with E-state index in [2.05, 4.69) is 10.2 Å². The van der Waals surface area contributed by atoms with Gasteiger partial charge in [-0.2, -0.15) is 0 Å². The van der Waals surface area contributed by atoms with Crippen LogP contribution in [-0.2, 0) is 14.3 Å². The summed E-state index contributed by atoms with van der Waals surface area (Å²) in [5.74, 6) is -0.885. The molecular weight excluding hydrogens is 234 g/mol. The van der Waals surface area contributed by atoms with Gasteiger partial charge < -0.3 is 20.7 Å². The number of likely N-dealkylation sites (N-methyl/N-ethyl adjacent to an activating group) is 1. The Hall–Kier alpha value is -1.14. The van der Waals surface area contributed by atoms with Crippen LogP contribution in [0, 0.1) is 12.3 Å². The van der Waals surface area contributed by atoms with Gasteiger partial charge in [-0.3, -0.25) is 9.59 Å². The summed E-state index contributed by atoms with van der Waals surface area (Å²) in [6, 6.07) is 0. The van der Waals surface area contributed by atoms with E-state index < -0.39 is 5.91 Å². The van der Waals surface area contributed by atoms with E-state index in [0.717, 1.165) is 13.1 Å². The number of morpholine rings is 1. The molecule has 1 radical (unpaired) electrons. The van der Waals surface area contributed by atoms with Crippen molar-refractivity contribution in [3.05, 3.63) is 6.42 Å². The lowest BCUT2D eigenvalue weighted by atomic mass is 10.1. The molecule has 0 bridgehead atoms. The smallest absolute Gasteiger partial charge is 0.224 e. The average molecular weight is 256 g/mol. The standard InChI is InChI=1S/C12H22N3O3/c1-9(12(13)17)3-4-11(16)14-7-10-8-15(2)5-6-18-10/h4,9-10H,3,5-8H2,1-2H3,(H2,13,17)(H,14,16)/t9?,10-/m0/s1. The van der Waals surface area contributed by atoms with Gasteiger partial charge in [0.25, 0.3) is 0 Å². The van der Waals surface area contributed by atoms with Crippen LogP contribution in [0.15, 0.2) is 0 Å². The number of hydrogen-bond donors (Lipinski definition) is 2. The maximum Gasteiger partial charge on any atom is 0.224 e. The van der Waals surface area contributed by atoms with Crippen molar-refractivity contribution in [3.8, 4) is 0 Å². The number of carbonyl (C=O) groups excluding carboxylic acids is 2. The Morgan fingerprint density at radius 3 is 2.94 bits per heavy atom. The highest BCUT2D eigenvalue weighted by molar-refractivity contribution is 5.85. The van der Waals surface area contributed by atoms with Crippen LogP contribution in [0.1, 0.15) is 13.3 Å². The lowest BCUT2D eigenvalue weighted by Gasteiger charge is -2.30. The Balaban J connectivity index is 2.14. The number of amides is 2. The van der Waals surface area contributed by atoms with Crippen molar-refractivity contribution in [1.82, 2.24) is 10.2 Å². The summed E-state index contributed by atoms with van der Waals surface area (Å²) in [5, 5.41) is 2.77. The highest BCUT2D eigenvalue weighted by Gasteiger charge is 2.18. The van der Waals surface area contributed by atoms with Crippen molar-refractivity contribution < 1.29 is 14.3 Å². The molecule has 6 heteroatoms. The molecule has 0 aromatic heterocycles. The van der Waals surface area contributed by atoms with Crippen LogP contribution < -0.4 is 11.1 Å². The zero-order valence-electron chi connectivity index (χ0n) is 11.0. The third-order valence-corrected chi connectivity index (χ3v) is 2.99. The SMILES string of the molecule is CC(C[CH]C(=O)NC[C@H]1CN(C)CCO1)C(N)=O. The van der Waals surface area contributed by atoms with E-state index in [1.807, 2.05) is 7.05 Å². The maximum absolute atomic E-state index is 11.5. The minimum atomic E-state index is -0.392. The highest BCUT2D eigenvalue weighted by Crippen LogP contribution is 2.04. The van der Waals surface area contributed by atoms with Gasteiger partial charge in [0.1, 0.15) is 0 Å². The molecule has 1 fully saturated rings. The summed E-state index contributed by atoms with van der Waals surface area (Å²) in [7, 11) is 2.03. The third-order valence-electron chi connectivity index (χ3n) is 2.99. The average Bonchev–Trinajstić information content (AvgIpc) is 2.33. The first-order chi connectivity index (χ1) is 8.49. The number of nitrogens with two attached hydrogens (primary N) is 1. The van der Waals surface area contributed by atoms with Crippen LogP contribution >= 0.6 is 0 Å². The van der Waals surface area contributed by atoms with Gasteiger partial charge in [-0.25, -0.2) is 0 Å². The Morgan fingerprint density at radius 2 is 2.33 bits per heavy atom. The predicted octanol–water partition coefficient (Wildman–Crippen LogP) is -0.851. The predicted molar refractivity (Wildman–Crippen MR) is 67.5 cm³/mol. The summed E-state index contributed by atoms with van der Waals surface area (Å²) >= 11 is 0. The van der Waals surface area contributed by atoms with Crippen molar-refractivity contribution in [2.24, 2.45) is 11.7 Å². The molecule has 0 aromatic carbocycles. The number of carbonyl (C=O) groups is 2. The molecule has 0 aliphatic carbocycles. The third kappa shape index (κ3) is 5.46. The fraction of sp³-hybridized carbons (Fsp3) is 0.750. The van der Waals surface area contributed by atoms with E-state index in [1.165, 1.54) is 6.42 Å². The summed E-state index contributed by atoms with van der Waals surface area (Å²) < 4.78 is 5.52. The van der Waals surface area contributed by atoms with Crippen LogP contribution in [0.4, 0.5) is 0 Å². The van der Waals surface area contributed by atoms with E-state index >= 15 is 0 Å². The molecule has 1 heterocycles. The second-order valence-electron chi connectivity index (χ2n) is 4.74. The van der Waals surface area contributed by atoms with E-state index in [-0.39, 0.29) is 17.9 Å². The Kier molecular flexibility index (Phi) is 6.07. The van der Waals surface area contributed by atoms with Gasteiger partial charge in [-0.05, 0) is 13.5 Å². The monoisotopic (exact) mass is 256 g/mol. The van der Waals surface area contributed by atoms with Crippen molar-refractivity contribution >= 4 is 11.8 Å². The molecule has 2 amide bonds. The molecule has 1 unspecified atom stereocenters. The van der Waals surface area contributed by atoms with E-state index in [0.29, 0.717) is 19.6 Å². The number of primary amides is 1. The van der Waals surface area contributed by atoms with Gasteiger partial charge in [-0.15, -0.1) is 0 Å². The van der Waals surface area contributed by atoms with Crippen molar-refractivity contribution in [1.29, 1.82) is 0 Å². The van der Waals surface area contributed by atoms with Crippen LogP contribution in [0.5, 0.6) is 0 Å². The second kappa shape index (κ2) is 7.33. The lowest BCUT2D eigenvalue weighted by molar-refractivity contribution is -0.121. The number of nitrogens with zero attached hydrogens (tertiary/aromatic N) is 1. The Labute approximate surface area is 108 Å². The second-order valence-corrected chi connectivity index (χ2v) is 4.74. The quantitative estimate of drug-likeness (QED) is 0.648. The molecule has 0 saturated carbocycles. The van der Waals surface area contributed by atoms with Gasteiger partial charge in [0.15, 0.2) is 0 Å².